The maximum Gasteiger partial charge on any atom is 0.255 e. The van der Waals surface area contributed by atoms with Crippen LogP contribution in [0.25, 0.3) is 0 Å². The van der Waals surface area contributed by atoms with E-state index in [1.54, 1.807) is 6.92 Å². The summed E-state index contributed by atoms with van der Waals surface area (Å²) in [5.74, 6) is -0.805. The van der Waals surface area contributed by atoms with Gasteiger partial charge in [0, 0.05) is 6.20 Å². The van der Waals surface area contributed by atoms with Crippen LogP contribution in [0.4, 0.5) is 0 Å². The van der Waals surface area contributed by atoms with E-state index in [-0.39, 0.29) is 24.5 Å². The number of aromatic hydroxyl groups is 1. The second-order valence-electron chi connectivity index (χ2n) is 3.80. The van der Waals surface area contributed by atoms with Gasteiger partial charge >= 0.3 is 0 Å². The van der Waals surface area contributed by atoms with E-state index < -0.39 is 11.4 Å². The van der Waals surface area contributed by atoms with Crippen molar-refractivity contribution in [3.8, 4) is 5.75 Å². The summed E-state index contributed by atoms with van der Waals surface area (Å²) in [5, 5.41) is 30.3. The molecule has 0 saturated carbocycles. The Morgan fingerprint density at radius 3 is 2.59 bits per heavy atom. The summed E-state index contributed by atoms with van der Waals surface area (Å²) >= 11 is 0. The molecule has 6 nitrogen and oxygen atoms in total. The van der Waals surface area contributed by atoms with Gasteiger partial charge in [0.25, 0.3) is 5.91 Å². The second-order valence-corrected chi connectivity index (χ2v) is 3.80. The first-order valence-corrected chi connectivity index (χ1v) is 5.26. The minimum atomic E-state index is -1.08. The fourth-order valence-electron chi connectivity index (χ4n) is 1.33. The zero-order valence-electron chi connectivity index (χ0n) is 9.55. The monoisotopic (exact) mass is 240 g/mol. The van der Waals surface area contributed by atoms with Crippen LogP contribution in [-0.2, 0) is 0 Å². The molecule has 0 fully saturated rings. The van der Waals surface area contributed by atoms with E-state index in [0.717, 1.165) is 6.20 Å². The van der Waals surface area contributed by atoms with Crippen molar-refractivity contribution in [2.75, 3.05) is 13.2 Å². The Kier molecular flexibility index (Phi) is 4.42. The van der Waals surface area contributed by atoms with Crippen molar-refractivity contribution in [3.63, 3.8) is 0 Å². The van der Waals surface area contributed by atoms with Gasteiger partial charge in [-0.1, -0.05) is 6.92 Å². The van der Waals surface area contributed by atoms with Crippen molar-refractivity contribution >= 4 is 5.91 Å². The van der Waals surface area contributed by atoms with E-state index in [1.807, 2.05) is 0 Å². The summed E-state index contributed by atoms with van der Waals surface area (Å²) in [6.45, 7) is 0.980. The van der Waals surface area contributed by atoms with Gasteiger partial charge in [-0.05, 0) is 12.5 Å². The third kappa shape index (κ3) is 2.92. The quantitative estimate of drug-likeness (QED) is 0.563. The molecule has 0 saturated heterocycles. The standard InChI is InChI=1S/C11H16N2O4/c1-2-11(6-14,7-15)13-10(17)8-3-4-12-5-9(8)16/h3-5,14-16H,2,6-7H2,1H3,(H,13,17). The summed E-state index contributed by atoms with van der Waals surface area (Å²) in [6, 6.07) is 1.36. The molecule has 0 aliphatic carbocycles. The number of aromatic nitrogens is 1. The molecule has 0 bridgehead atoms. The predicted octanol–water partition coefficient (Wildman–Crippen LogP) is -0.350. The number of rotatable bonds is 5. The van der Waals surface area contributed by atoms with Crippen LogP contribution in [0, 0.1) is 0 Å². The van der Waals surface area contributed by atoms with Crippen LogP contribution >= 0.6 is 0 Å². The Balaban J connectivity index is 2.89. The van der Waals surface area contributed by atoms with Crippen LogP contribution in [0.2, 0.25) is 0 Å². The number of hydrogen-bond donors (Lipinski definition) is 4. The summed E-state index contributed by atoms with van der Waals surface area (Å²) in [6.07, 6.45) is 2.90. The van der Waals surface area contributed by atoms with Crippen molar-refractivity contribution in [1.29, 1.82) is 0 Å². The van der Waals surface area contributed by atoms with Gasteiger partial charge in [-0.15, -0.1) is 0 Å². The fraction of sp³-hybridized carbons (Fsp3) is 0.455. The summed E-state index contributed by atoms with van der Waals surface area (Å²) < 4.78 is 0. The van der Waals surface area contributed by atoms with Gasteiger partial charge in [-0.2, -0.15) is 0 Å². The second kappa shape index (κ2) is 5.60. The summed E-state index contributed by atoms with van der Waals surface area (Å²) in [5.41, 5.74) is -1.02. The van der Waals surface area contributed by atoms with Crippen molar-refractivity contribution in [1.82, 2.24) is 10.3 Å². The molecule has 0 atom stereocenters. The lowest BCUT2D eigenvalue weighted by Gasteiger charge is -2.29. The van der Waals surface area contributed by atoms with E-state index >= 15 is 0 Å². The lowest BCUT2D eigenvalue weighted by molar-refractivity contribution is 0.0651. The average Bonchev–Trinajstić information content (AvgIpc) is 2.36. The van der Waals surface area contributed by atoms with Crippen LogP contribution in [0.1, 0.15) is 23.7 Å². The maximum atomic E-state index is 11.8. The number of amides is 1. The normalized spacial score (nSPS) is 11.2. The van der Waals surface area contributed by atoms with Crippen LogP contribution in [0.3, 0.4) is 0 Å². The number of carbonyl (C=O) groups is 1. The molecular formula is C11H16N2O4. The Morgan fingerprint density at radius 2 is 2.12 bits per heavy atom. The molecule has 0 spiro atoms. The molecule has 0 unspecified atom stereocenters. The number of aliphatic hydroxyl groups is 2. The molecule has 0 radical (unpaired) electrons. The highest BCUT2D eigenvalue weighted by Gasteiger charge is 2.29. The van der Waals surface area contributed by atoms with E-state index in [1.165, 1.54) is 12.3 Å². The smallest absolute Gasteiger partial charge is 0.255 e. The van der Waals surface area contributed by atoms with Crippen LogP contribution in [0.5, 0.6) is 5.75 Å². The number of nitrogens with zero attached hydrogens (tertiary/aromatic N) is 1. The number of pyridine rings is 1. The molecule has 0 aliphatic heterocycles. The Labute approximate surface area is 98.9 Å². The van der Waals surface area contributed by atoms with Crippen molar-refractivity contribution in [2.24, 2.45) is 0 Å². The Hall–Kier alpha value is -1.66. The number of carbonyl (C=O) groups excluding carboxylic acids is 1. The molecule has 1 rings (SSSR count). The first-order valence-electron chi connectivity index (χ1n) is 5.26. The third-order valence-corrected chi connectivity index (χ3v) is 2.71. The fourth-order valence-corrected chi connectivity index (χ4v) is 1.33. The minimum Gasteiger partial charge on any atom is -0.505 e. The van der Waals surface area contributed by atoms with Gasteiger partial charge in [-0.25, -0.2) is 0 Å². The summed E-state index contributed by atoms with van der Waals surface area (Å²) in [7, 11) is 0. The van der Waals surface area contributed by atoms with Crippen LogP contribution in [-0.4, -0.2) is 45.0 Å². The molecule has 0 aromatic carbocycles. The SMILES string of the molecule is CCC(CO)(CO)NC(=O)c1ccncc1O. The number of hydrogen-bond acceptors (Lipinski definition) is 5. The highest BCUT2D eigenvalue weighted by molar-refractivity contribution is 5.97. The average molecular weight is 240 g/mol. The predicted molar refractivity (Wildman–Crippen MR) is 60.6 cm³/mol. The van der Waals surface area contributed by atoms with Gasteiger partial charge in [0.2, 0.25) is 0 Å². The largest absolute Gasteiger partial charge is 0.505 e. The first-order chi connectivity index (χ1) is 8.08. The lowest BCUT2D eigenvalue weighted by atomic mass is 9.98. The molecular weight excluding hydrogens is 224 g/mol. The van der Waals surface area contributed by atoms with Gasteiger partial charge in [0.05, 0.1) is 30.5 Å². The highest BCUT2D eigenvalue weighted by Crippen LogP contribution is 2.16. The molecule has 0 aliphatic rings. The van der Waals surface area contributed by atoms with Gasteiger partial charge in [0.1, 0.15) is 5.75 Å². The zero-order valence-corrected chi connectivity index (χ0v) is 9.55. The first kappa shape index (κ1) is 13.4. The summed E-state index contributed by atoms with van der Waals surface area (Å²) in [4.78, 5) is 15.5. The van der Waals surface area contributed by atoms with Crippen LogP contribution in [0.15, 0.2) is 18.5 Å². The van der Waals surface area contributed by atoms with Crippen molar-refractivity contribution in [3.05, 3.63) is 24.0 Å². The van der Waals surface area contributed by atoms with Crippen LogP contribution < -0.4 is 5.32 Å². The number of nitrogens with one attached hydrogen (secondary N) is 1. The molecule has 1 heterocycles. The molecule has 94 valence electrons. The molecule has 4 N–H and O–H groups in total. The van der Waals surface area contributed by atoms with E-state index in [0.29, 0.717) is 6.42 Å². The van der Waals surface area contributed by atoms with E-state index in [4.69, 9.17) is 0 Å². The minimum absolute atomic E-state index is 0.0553. The van der Waals surface area contributed by atoms with Gasteiger partial charge in [0.15, 0.2) is 0 Å². The molecule has 1 aromatic heterocycles. The van der Waals surface area contributed by atoms with E-state index in [9.17, 15) is 20.1 Å². The molecule has 1 aromatic rings. The number of aliphatic hydroxyl groups excluding tert-OH is 2. The van der Waals surface area contributed by atoms with E-state index in [2.05, 4.69) is 10.3 Å². The lowest BCUT2D eigenvalue weighted by Crippen LogP contribution is -2.53. The van der Waals surface area contributed by atoms with Gasteiger partial charge in [-0.3, -0.25) is 9.78 Å². The third-order valence-electron chi connectivity index (χ3n) is 2.71. The van der Waals surface area contributed by atoms with Crippen molar-refractivity contribution < 1.29 is 20.1 Å². The molecule has 1 amide bonds. The Morgan fingerprint density at radius 1 is 1.47 bits per heavy atom. The molecule has 6 heteroatoms. The Bertz CT molecular complexity index is 383. The van der Waals surface area contributed by atoms with Gasteiger partial charge < -0.3 is 20.6 Å². The topological polar surface area (TPSA) is 103 Å². The highest BCUT2D eigenvalue weighted by atomic mass is 16.3. The molecule has 17 heavy (non-hydrogen) atoms. The zero-order chi connectivity index (χ0) is 12.9. The van der Waals surface area contributed by atoms with Crippen molar-refractivity contribution in [2.45, 2.75) is 18.9 Å². The maximum absolute atomic E-state index is 11.8.